The first-order valence-corrected chi connectivity index (χ1v) is 7.63. The average molecular weight is 301 g/mol. The summed E-state index contributed by atoms with van der Waals surface area (Å²) in [5.74, 6) is -1.09. The summed E-state index contributed by atoms with van der Waals surface area (Å²) in [6, 6.07) is 6.67. The van der Waals surface area contributed by atoms with Crippen molar-refractivity contribution in [1.82, 2.24) is 0 Å². The van der Waals surface area contributed by atoms with Crippen molar-refractivity contribution in [2.45, 2.75) is 26.2 Å². The molecule has 3 rings (SSSR count). The molecule has 0 fully saturated rings. The van der Waals surface area contributed by atoms with E-state index >= 15 is 0 Å². The zero-order valence-corrected chi connectivity index (χ0v) is 12.4. The second-order valence-corrected chi connectivity index (χ2v) is 6.34. The van der Waals surface area contributed by atoms with Crippen molar-refractivity contribution in [3.8, 4) is 0 Å². The molecule has 5 heteroatoms. The van der Waals surface area contributed by atoms with Gasteiger partial charge in [0.1, 0.15) is 0 Å². The molecule has 1 aromatic heterocycles. The third kappa shape index (κ3) is 2.69. The lowest BCUT2D eigenvalue weighted by atomic mass is 10.1. The lowest BCUT2D eigenvalue weighted by molar-refractivity contribution is 0.0696. The largest absolute Gasteiger partial charge is 0.478 e. The van der Waals surface area contributed by atoms with Crippen molar-refractivity contribution in [2.75, 3.05) is 5.32 Å². The quantitative estimate of drug-likeness (QED) is 0.912. The highest BCUT2D eigenvalue weighted by Crippen LogP contribution is 2.31. The summed E-state index contributed by atoms with van der Waals surface area (Å²) >= 11 is 1.56. The number of amides is 1. The maximum absolute atomic E-state index is 12.3. The highest BCUT2D eigenvalue weighted by molar-refractivity contribution is 7.14. The number of hydrogen-bond donors (Lipinski definition) is 2. The summed E-state index contributed by atoms with van der Waals surface area (Å²) in [7, 11) is 0. The highest BCUT2D eigenvalue weighted by Gasteiger charge is 2.19. The summed E-state index contributed by atoms with van der Waals surface area (Å²) in [5.41, 5.74) is 2.91. The van der Waals surface area contributed by atoms with Gasteiger partial charge in [0.2, 0.25) is 0 Å². The van der Waals surface area contributed by atoms with E-state index in [9.17, 15) is 9.59 Å². The summed E-state index contributed by atoms with van der Waals surface area (Å²) in [4.78, 5) is 25.2. The fraction of sp³-hybridized carbons (Fsp3) is 0.250. The van der Waals surface area contributed by atoms with Gasteiger partial charge in [-0.05, 0) is 61.6 Å². The van der Waals surface area contributed by atoms with Crippen LogP contribution in [0.15, 0.2) is 24.3 Å². The Morgan fingerprint density at radius 3 is 2.71 bits per heavy atom. The molecule has 0 saturated carbocycles. The molecule has 0 saturated heterocycles. The average Bonchev–Trinajstić information content (AvgIpc) is 3.01. The molecule has 1 aromatic carbocycles. The topological polar surface area (TPSA) is 66.4 Å². The summed E-state index contributed by atoms with van der Waals surface area (Å²) in [6.07, 6.45) is 3.31. The summed E-state index contributed by atoms with van der Waals surface area (Å²) in [5, 5.41) is 11.8. The number of anilines is 1. The first kappa shape index (κ1) is 13.8. The van der Waals surface area contributed by atoms with E-state index in [1.165, 1.54) is 22.9 Å². The minimum atomic E-state index is -0.967. The molecule has 0 atom stereocenters. The first-order valence-electron chi connectivity index (χ1n) is 6.81. The second-order valence-electron chi connectivity index (χ2n) is 5.20. The van der Waals surface area contributed by atoms with Crippen LogP contribution in [0, 0.1) is 6.92 Å². The minimum absolute atomic E-state index is 0.124. The highest BCUT2D eigenvalue weighted by atomic mass is 32.1. The number of carboxylic acids is 1. The van der Waals surface area contributed by atoms with Gasteiger partial charge in [-0.2, -0.15) is 0 Å². The Hall–Kier alpha value is -2.14. The van der Waals surface area contributed by atoms with Crippen LogP contribution in [0.4, 0.5) is 5.69 Å². The Labute approximate surface area is 126 Å². The van der Waals surface area contributed by atoms with Crippen LogP contribution in [0.3, 0.4) is 0 Å². The van der Waals surface area contributed by atoms with Crippen molar-refractivity contribution in [3.63, 3.8) is 0 Å². The second kappa shape index (κ2) is 5.33. The number of carbonyl (C=O) groups is 2. The fourth-order valence-corrected chi connectivity index (χ4v) is 3.71. The van der Waals surface area contributed by atoms with E-state index in [4.69, 9.17) is 5.11 Å². The van der Waals surface area contributed by atoms with Crippen molar-refractivity contribution in [1.29, 1.82) is 0 Å². The zero-order valence-electron chi connectivity index (χ0n) is 11.6. The number of benzene rings is 1. The Kier molecular flexibility index (Phi) is 3.51. The maximum atomic E-state index is 12.3. The Bertz CT molecular complexity index is 712. The molecule has 1 amide bonds. The smallest absolute Gasteiger partial charge is 0.335 e. The third-order valence-corrected chi connectivity index (χ3v) is 4.93. The van der Waals surface area contributed by atoms with Crippen molar-refractivity contribution >= 4 is 28.9 Å². The number of rotatable bonds is 3. The van der Waals surface area contributed by atoms with Gasteiger partial charge in [0, 0.05) is 10.6 Å². The van der Waals surface area contributed by atoms with E-state index in [-0.39, 0.29) is 11.5 Å². The Balaban J connectivity index is 1.79. The van der Waals surface area contributed by atoms with Crippen LogP contribution in [0.25, 0.3) is 0 Å². The van der Waals surface area contributed by atoms with Crippen LogP contribution < -0.4 is 5.32 Å². The van der Waals surface area contributed by atoms with Crippen LogP contribution >= 0.6 is 11.3 Å². The lowest BCUT2D eigenvalue weighted by Crippen LogP contribution is -2.11. The number of carboxylic acid groups (broad SMARTS) is 1. The monoisotopic (exact) mass is 301 g/mol. The number of thiophene rings is 1. The van der Waals surface area contributed by atoms with Gasteiger partial charge in [0.05, 0.1) is 10.4 Å². The predicted molar refractivity (Wildman–Crippen MR) is 82.4 cm³/mol. The van der Waals surface area contributed by atoms with Gasteiger partial charge < -0.3 is 10.4 Å². The standard InChI is InChI=1S/C16H15NO3S/c1-9-7-11(16(19)20)5-6-12(9)17-15(18)14-8-10-3-2-4-13(10)21-14/h5-8H,2-4H2,1H3,(H,17,18)(H,19,20). The lowest BCUT2D eigenvalue weighted by Gasteiger charge is -2.08. The Morgan fingerprint density at radius 1 is 1.24 bits per heavy atom. The van der Waals surface area contributed by atoms with Gasteiger partial charge in [-0.1, -0.05) is 0 Å². The molecule has 1 heterocycles. The van der Waals surface area contributed by atoms with E-state index in [1.807, 2.05) is 6.07 Å². The molecule has 2 N–H and O–H groups in total. The molecule has 0 unspecified atom stereocenters. The van der Waals surface area contributed by atoms with Gasteiger partial charge in [0.25, 0.3) is 5.91 Å². The van der Waals surface area contributed by atoms with Crippen molar-refractivity contribution < 1.29 is 14.7 Å². The van der Waals surface area contributed by atoms with Gasteiger partial charge in [-0.15, -0.1) is 11.3 Å². The molecule has 0 spiro atoms. The SMILES string of the molecule is Cc1cc(C(=O)O)ccc1NC(=O)c1cc2c(s1)CCC2. The fourth-order valence-electron chi connectivity index (χ4n) is 2.56. The van der Waals surface area contributed by atoms with Crippen LogP contribution in [0.1, 0.15) is 42.5 Å². The van der Waals surface area contributed by atoms with E-state index in [2.05, 4.69) is 5.32 Å². The van der Waals surface area contributed by atoms with Gasteiger partial charge >= 0.3 is 5.97 Å². The van der Waals surface area contributed by atoms with Crippen LogP contribution in [0.2, 0.25) is 0 Å². The van der Waals surface area contributed by atoms with E-state index in [1.54, 1.807) is 30.4 Å². The summed E-state index contributed by atoms with van der Waals surface area (Å²) < 4.78 is 0. The predicted octanol–water partition coefficient (Wildman–Crippen LogP) is 3.50. The first-order chi connectivity index (χ1) is 10.0. The molecule has 21 heavy (non-hydrogen) atoms. The molecule has 108 valence electrons. The molecule has 4 nitrogen and oxygen atoms in total. The van der Waals surface area contributed by atoms with E-state index in [0.717, 1.165) is 23.3 Å². The molecule has 2 aromatic rings. The normalized spacial score (nSPS) is 13.0. The summed E-state index contributed by atoms with van der Waals surface area (Å²) in [6.45, 7) is 1.79. The number of aromatic carboxylic acids is 1. The number of aryl methyl sites for hydroxylation is 3. The molecule has 0 bridgehead atoms. The zero-order chi connectivity index (χ0) is 15.0. The van der Waals surface area contributed by atoms with E-state index < -0.39 is 5.97 Å². The van der Waals surface area contributed by atoms with Gasteiger partial charge in [-0.3, -0.25) is 4.79 Å². The van der Waals surface area contributed by atoms with Crippen LogP contribution in [0.5, 0.6) is 0 Å². The number of nitrogens with one attached hydrogen (secondary N) is 1. The number of carbonyl (C=O) groups excluding carboxylic acids is 1. The van der Waals surface area contributed by atoms with Crippen molar-refractivity contribution in [2.24, 2.45) is 0 Å². The van der Waals surface area contributed by atoms with Gasteiger partial charge in [0.15, 0.2) is 0 Å². The molecular weight excluding hydrogens is 286 g/mol. The third-order valence-electron chi connectivity index (χ3n) is 3.69. The molecule has 0 aliphatic heterocycles. The van der Waals surface area contributed by atoms with Crippen molar-refractivity contribution in [3.05, 3.63) is 50.7 Å². The van der Waals surface area contributed by atoms with Gasteiger partial charge in [-0.25, -0.2) is 4.79 Å². The van der Waals surface area contributed by atoms with E-state index in [0.29, 0.717) is 5.69 Å². The van der Waals surface area contributed by atoms with Crippen LogP contribution in [-0.2, 0) is 12.8 Å². The Morgan fingerprint density at radius 2 is 2.05 bits per heavy atom. The minimum Gasteiger partial charge on any atom is -0.478 e. The molecule has 1 aliphatic rings. The number of fused-ring (bicyclic) bond motifs is 1. The molecule has 1 aliphatic carbocycles. The molecule has 0 radical (unpaired) electrons. The maximum Gasteiger partial charge on any atom is 0.335 e. The number of hydrogen-bond acceptors (Lipinski definition) is 3. The molecular formula is C16H15NO3S. The van der Waals surface area contributed by atoms with Crippen LogP contribution in [-0.4, -0.2) is 17.0 Å².